The minimum atomic E-state index is 0. The van der Waals surface area contributed by atoms with Gasteiger partial charge in [0, 0.05) is 0 Å². The van der Waals surface area contributed by atoms with Crippen molar-refractivity contribution in [1.29, 1.82) is 0 Å². The molecule has 0 saturated heterocycles. The molecule has 0 bridgehead atoms. The molecule has 0 aliphatic carbocycles. The summed E-state index contributed by atoms with van der Waals surface area (Å²) >= 11 is 0. The van der Waals surface area contributed by atoms with E-state index in [1.807, 2.05) is 0 Å². The van der Waals surface area contributed by atoms with Crippen molar-refractivity contribution >= 4 is 0 Å². The normalized spacial score (nSPS) is 0. The third-order valence-electron chi connectivity index (χ3n) is 0. The van der Waals surface area contributed by atoms with Crippen LogP contribution in [0, 0.1) is 0 Å². The van der Waals surface area contributed by atoms with Gasteiger partial charge in [-0.05, 0) is 0 Å². The quantitative estimate of drug-likeness (QED) is 0.525. The summed E-state index contributed by atoms with van der Waals surface area (Å²) in [5.74, 6) is 0. The Morgan fingerprint density at radius 3 is 1.00 bits per heavy atom. The van der Waals surface area contributed by atoms with Crippen LogP contribution in [0.1, 0.15) is 0 Å². The molecule has 1 nitrogen and oxygen atoms in total. The smallest absolute Gasteiger partial charge is 2.00 e. The van der Waals surface area contributed by atoms with Gasteiger partial charge in [0.2, 0.25) is 0 Å². The molecule has 0 aliphatic heterocycles. The zero-order chi connectivity index (χ0) is 0. The molecule has 0 N–H and O–H groups in total. The van der Waals surface area contributed by atoms with E-state index < -0.39 is 0 Å². The van der Waals surface area contributed by atoms with Crippen molar-refractivity contribution in [3.8, 4) is 0 Å². The first kappa shape index (κ1) is 62.2. The minimum Gasteiger partial charge on any atom is -2.00 e. The fourth-order valence-electron chi connectivity index (χ4n) is 0. The molecule has 0 aromatic heterocycles. The third-order valence-corrected chi connectivity index (χ3v) is 0. The van der Waals surface area contributed by atoms with Crippen LogP contribution in [0.5, 0.6) is 0 Å². The van der Waals surface area contributed by atoms with Gasteiger partial charge in [0.15, 0.2) is 0 Å². The molecule has 0 aromatic carbocycles. The van der Waals surface area contributed by atoms with Gasteiger partial charge in [0.05, 0.1) is 0 Å². The van der Waals surface area contributed by atoms with Crippen LogP contribution in [0.2, 0.25) is 0 Å². The van der Waals surface area contributed by atoms with Crippen LogP contribution >= 0.6 is 0 Å². The van der Waals surface area contributed by atoms with E-state index in [9.17, 15) is 0 Å². The Morgan fingerprint density at radius 2 is 1.00 bits per heavy atom. The van der Waals surface area contributed by atoms with Crippen molar-refractivity contribution in [2.75, 3.05) is 0 Å². The molecule has 30 valence electrons. The summed E-state index contributed by atoms with van der Waals surface area (Å²) in [6, 6.07) is 0. The molecule has 0 aromatic rings. The van der Waals surface area contributed by atoms with E-state index in [2.05, 4.69) is 0 Å². The van der Waals surface area contributed by atoms with Gasteiger partial charge in [0.1, 0.15) is 0 Å². The Hall–Kier alpha value is 2.02. The van der Waals surface area contributed by atoms with Crippen molar-refractivity contribution in [3.63, 3.8) is 0 Å². The Kier molecular flexibility index (Phi) is 461. The summed E-state index contributed by atoms with van der Waals surface area (Å²) < 4.78 is 0. The van der Waals surface area contributed by atoms with E-state index >= 15 is 0 Å². The first-order valence-electron chi connectivity index (χ1n) is 0. The Balaban J connectivity index is 0. The van der Waals surface area contributed by atoms with Gasteiger partial charge in [-0.2, -0.15) is 0 Å². The molecule has 0 fully saturated rings. The monoisotopic (exact) mass is 237 g/mol. The van der Waals surface area contributed by atoms with Gasteiger partial charge >= 0.3 is 68.0 Å². The molecule has 5 heavy (non-hydrogen) atoms. The van der Waals surface area contributed by atoms with Crippen LogP contribution in [0.3, 0.4) is 0 Å². The molecule has 0 aliphatic rings. The zero-order valence-corrected chi connectivity index (χ0v) is 6.41. The average Bonchev–Trinajstić information content (AvgIpc) is 0. The van der Waals surface area contributed by atoms with Crippen LogP contribution in [0.4, 0.5) is 0 Å². The molecule has 0 unspecified atom stereocenters. The molecule has 0 spiro atoms. The topological polar surface area (TPSA) is 28.5 Å². The number of rotatable bonds is 0. The summed E-state index contributed by atoms with van der Waals surface area (Å²) in [6.07, 6.45) is 0. The Labute approximate surface area is 73.0 Å². The molecular weight excluding hydrogens is 237 g/mol. The van der Waals surface area contributed by atoms with Gasteiger partial charge in [-0.3, -0.25) is 0 Å². The van der Waals surface area contributed by atoms with Crippen LogP contribution < -0.4 is 0 Å². The van der Waals surface area contributed by atoms with E-state index in [1.165, 1.54) is 0 Å². The summed E-state index contributed by atoms with van der Waals surface area (Å²) in [7, 11) is 0. The third kappa shape index (κ3) is 23.8. The van der Waals surface area contributed by atoms with Gasteiger partial charge in [-0.1, -0.05) is 0 Å². The van der Waals surface area contributed by atoms with E-state index in [4.69, 9.17) is 0 Å². The Bertz CT molecular complexity index is 11.6. The second-order valence-corrected chi connectivity index (χ2v) is 0. The summed E-state index contributed by atoms with van der Waals surface area (Å²) in [5.41, 5.74) is 0. The predicted molar refractivity (Wildman–Crippen MR) is 0.686 cm³/mol. The molecule has 0 saturated carbocycles. The van der Waals surface area contributed by atoms with Gasteiger partial charge in [-0.15, -0.1) is 0 Å². The van der Waals surface area contributed by atoms with Crippen LogP contribution in [0.25, 0.3) is 0 Å². The summed E-state index contributed by atoms with van der Waals surface area (Å²) in [4.78, 5) is 0. The van der Waals surface area contributed by atoms with Gasteiger partial charge in [0.25, 0.3) is 0 Å². The SMILES string of the molecule is [Cr+3].[Fe+2].[Mn+2].[Ni+2].[O-2]. The maximum Gasteiger partial charge on any atom is 3.00 e. The summed E-state index contributed by atoms with van der Waals surface area (Å²) in [6.45, 7) is 0. The van der Waals surface area contributed by atoms with E-state index in [0.717, 1.165) is 0 Å². The molecule has 0 heterocycles. The fraction of sp³-hybridized carbons (Fsp3) is 0. The van der Waals surface area contributed by atoms with Crippen molar-refractivity contribution < 1.29 is 73.5 Å². The zero-order valence-electron chi connectivity index (χ0n) is 1.86. The minimum absolute atomic E-state index is 0. The first-order chi connectivity index (χ1) is 0. The van der Waals surface area contributed by atoms with Crippen molar-refractivity contribution in [2.24, 2.45) is 0 Å². The van der Waals surface area contributed by atoms with E-state index in [1.54, 1.807) is 0 Å². The number of hydrogen-bond acceptors (Lipinski definition) is 0. The summed E-state index contributed by atoms with van der Waals surface area (Å²) in [5, 5.41) is 0. The van der Waals surface area contributed by atoms with E-state index in [-0.39, 0.29) is 73.5 Å². The fourth-order valence-corrected chi connectivity index (χ4v) is 0. The van der Waals surface area contributed by atoms with Crippen LogP contribution in [-0.2, 0) is 73.5 Å². The maximum absolute atomic E-state index is 0. The molecular formula is CrFeMnNiO+7. The second-order valence-electron chi connectivity index (χ2n) is 0. The average molecular weight is 237 g/mol. The molecule has 0 atom stereocenters. The molecule has 2 radical (unpaired) electrons. The van der Waals surface area contributed by atoms with E-state index in [0.29, 0.717) is 0 Å². The largest absolute Gasteiger partial charge is 3.00 e. The molecule has 0 amide bonds. The van der Waals surface area contributed by atoms with Gasteiger partial charge < -0.3 is 5.48 Å². The van der Waals surface area contributed by atoms with Crippen molar-refractivity contribution in [3.05, 3.63) is 0 Å². The van der Waals surface area contributed by atoms with Crippen LogP contribution in [-0.4, -0.2) is 0 Å². The maximum atomic E-state index is 0. The second kappa shape index (κ2) is 37.1. The first-order valence-corrected chi connectivity index (χ1v) is 0. The Morgan fingerprint density at radius 1 is 1.00 bits per heavy atom. The molecule has 0 rings (SSSR count). The standard InChI is InChI=1S/Cr.Fe.Mn.Ni.O/q+3;3*+2;-2. The van der Waals surface area contributed by atoms with Crippen molar-refractivity contribution in [2.45, 2.75) is 0 Å². The molecule has 5 heteroatoms. The van der Waals surface area contributed by atoms with Crippen LogP contribution in [0.15, 0.2) is 0 Å². The predicted octanol–water partition coefficient (Wildman–Crippen LogP) is -0.129. The van der Waals surface area contributed by atoms with Crippen molar-refractivity contribution in [1.82, 2.24) is 0 Å². The number of hydrogen-bond donors (Lipinski definition) is 0. The van der Waals surface area contributed by atoms with Gasteiger partial charge in [-0.25, -0.2) is 0 Å².